The van der Waals surface area contributed by atoms with Crippen LogP contribution >= 0.6 is 0 Å². The number of carbonyl (C=O) groups excluding carboxylic acids is 1. The van der Waals surface area contributed by atoms with Crippen LogP contribution in [-0.2, 0) is 4.65 Å². The van der Waals surface area contributed by atoms with Gasteiger partial charge in [-0.2, -0.15) is 0 Å². The minimum atomic E-state index is 0. The molecule has 1 aromatic heterocycles. The van der Waals surface area contributed by atoms with Crippen LogP contribution in [0.15, 0.2) is 28.7 Å². The van der Waals surface area contributed by atoms with Crippen LogP contribution in [0.3, 0.4) is 0 Å². The molecule has 2 rings (SSSR count). The number of furan rings is 1. The molecule has 0 saturated heterocycles. The average Bonchev–Trinajstić information content (AvgIpc) is 2.96. The molecule has 4 heteroatoms. The van der Waals surface area contributed by atoms with Crippen molar-refractivity contribution in [3.63, 3.8) is 0 Å². The van der Waals surface area contributed by atoms with Gasteiger partial charge in [-0.15, -0.1) is 0 Å². The minimum absolute atomic E-state index is 0. The van der Waals surface area contributed by atoms with Crippen molar-refractivity contribution in [2.24, 2.45) is 5.41 Å². The monoisotopic (exact) mass is 318 g/mol. The van der Waals surface area contributed by atoms with Gasteiger partial charge < -0.3 is 9.07 Å². The summed E-state index contributed by atoms with van der Waals surface area (Å²) in [4.78, 5) is 10.7. The van der Waals surface area contributed by atoms with E-state index in [1.807, 2.05) is 38.9 Å². The standard InChI is InChI=1S/C16H21BO3.C2H6.CH4/c1-5-16(2,3)11-19-17(4)13-6-7-15-12(8-13)9-14(10-18)20-15;1-2;/h6-10H,5,11H2,1-4H3;1-2H3;1H4. The summed E-state index contributed by atoms with van der Waals surface area (Å²) in [5.74, 6) is 0.359. The summed E-state index contributed by atoms with van der Waals surface area (Å²) in [6.45, 7) is 13.4. The van der Waals surface area contributed by atoms with Gasteiger partial charge in [-0.25, -0.2) is 0 Å². The predicted octanol–water partition coefficient (Wildman–Crippen LogP) is 5.19. The molecule has 0 aliphatic rings. The SMILES string of the molecule is C.CC.CCC(C)(C)COB(C)c1ccc2oc(C=O)cc2c1. The Bertz CT molecular complexity index is 602. The van der Waals surface area contributed by atoms with Crippen LogP contribution in [0, 0.1) is 5.41 Å². The van der Waals surface area contributed by atoms with Gasteiger partial charge in [0.2, 0.25) is 0 Å². The lowest BCUT2D eigenvalue weighted by atomic mass is 9.63. The topological polar surface area (TPSA) is 39.4 Å². The first-order valence-electron chi connectivity index (χ1n) is 8.05. The van der Waals surface area contributed by atoms with Gasteiger partial charge in [0.15, 0.2) is 12.0 Å². The Balaban J connectivity index is 0.00000155. The molecule has 0 N–H and O–H groups in total. The van der Waals surface area contributed by atoms with E-state index in [2.05, 4.69) is 20.8 Å². The fourth-order valence-electron chi connectivity index (χ4n) is 1.94. The highest BCUT2D eigenvalue weighted by Crippen LogP contribution is 2.20. The highest BCUT2D eigenvalue weighted by atomic mass is 16.4. The quantitative estimate of drug-likeness (QED) is 0.543. The van der Waals surface area contributed by atoms with Gasteiger partial charge in [0, 0.05) is 12.0 Å². The van der Waals surface area contributed by atoms with E-state index < -0.39 is 0 Å². The van der Waals surface area contributed by atoms with Crippen LogP contribution in [0.1, 0.15) is 59.0 Å². The molecule has 1 aromatic carbocycles. The van der Waals surface area contributed by atoms with Crippen LogP contribution < -0.4 is 5.46 Å². The summed E-state index contributed by atoms with van der Waals surface area (Å²) >= 11 is 0. The minimum Gasteiger partial charge on any atom is -0.453 e. The van der Waals surface area contributed by atoms with Gasteiger partial charge in [0.05, 0.1) is 0 Å². The molecular weight excluding hydrogens is 287 g/mol. The second kappa shape index (κ2) is 9.56. The van der Waals surface area contributed by atoms with E-state index in [4.69, 9.17) is 9.07 Å². The predicted molar refractivity (Wildman–Crippen MR) is 101 cm³/mol. The second-order valence-corrected chi connectivity index (χ2v) is 6.03. The number of rotatable bonds is 6. The van der Waals surface area contributed by atoms with E-state index in [0.717, 1.165) is 35.7 Å². The van der Waals surface area contributed by atoms with Gasteiger partial charge in [0.1, 0.15) is 5.58 Å². The first-order chi connectivity index (χ1) is 10.4. The van der Waals surface area contributed by atoms with Crippen LogP contribution in [0.4, 0.5) is 0 Å². The zero-order chi connectivity index (χ0) is 16.8. The lowest BCUT2D eigenvalue weighted by molar-refractivity contribution is 0.110. The van der Waals surface area contributed by atoms with Crippen LogP contribution in [0.2, 0.25) is 6.82 Å². The zero-order valence-corrected chi connectivity index (χ0v) is 14.6. The third-order valence-electron chi connectivity index (χ3n) is 3.83. The van der Waals surface area contributed by atoms with Gasteiger partial charge in [-0.05, 0) is 29.4 Å². The first-order valence-corrected chi connectivity index (χ1v) is 8.05. The molecule has 0 radical (unpaired) electrons. The normalized spacial score (nSPS) is 10.5. The van der Waals surface area contributed by atoms with Gasteiger partial charge >= 0.3 is 6.92 Å². The van der Waals surface area contributed by atoms with Crippen molar-refractivity contribution in [2.75, 3.05) is 6.61 Å². The third kappa shape index (κ3) is 5.87. The molecular formula is C19H31BO3. The van der Waals surface area contributed by atoms with Crippen molar-refractivity contribution in [3.05, 3.63) is 30.0 Å². The lowest BCUT2D eigenvalue weighted by Crippen LogP contribution is -2.33. The van der Waals surface area contributed by atoms with Crippen molar-refractivity contribution < 1.29 is 13.9 Å². The number of benzene rings is 1. The molecule has 128 valence electrons. The molecule has 0 fully saturated rings. The van der Waals surface area contributed by atoms with Crippen LogP contribution in [0.25, 0.3) is 11.0 Å². The molecule has 23 heavy (non-hydrogen) atoms. The Morgan fingerprint density at radius 2 is 1.91 bits per heavy atom. The van der Waals surface area contributed by atoms with E-state index in [1.54, 1.807) is 6.07 Å². The Kier molecular flexibility index (Phi) is 8.92. The van der Waals surface area contributed by atoms with Crippen LogP contribution in [0.5, 0.6) is 0 Å². The maximum atomic E-state index is 10.7. The highest BCUT2D eigenvalue weighted by Gasteiger charge is 2.20. The Morgan fingerprint density at radius 3 is 2.48 bits per heavy atom. The van der Waals surface area contributed by atoms with E-state index in [1.165, 1.54) is 0 Å². The maximum absolute atomic E-state index is 10.7. The molecule has 3 nitrogen and oxygen atoms in total. The van der Waals surface area contributed by atoms with E-state index in [0.29, 0.717) is 5.76 Å². The molecule has 2 aromatic rings. The summed E-state index contributed by atoms with van der Waals surface area (Å²) in [6.07, 6.45) is 1.81. The van der Waals surface area contributed by atoms with E-state index >= 15 is 0 Å². The Labute approximate surface area is 141 Å². The molecule has 0 bridgehead atoms. The number of carbonyl (C=O) groups is 1. The molecule has 0 aliphatic heterocycles. The summed E-state index contributed by atoms with van der Waals surface area (Å²) in [5.41, 5.74) is 2.03. The summed E-state index contributed by atoms with van der Waals surface area (Å²) in [5, 5.41) is 0.940. The maximum Gasteiger partial charge on any atom is 0.323 e. The molecule has 0 saturated carbocycles. The number of aldehydes is 1. The zero-order valence-electron chi connectivity index (χ0n) is 14.6. The van der Waals surface area contributed by atoms with Crippen LogP contribution in [-0.4, -0.2) is 19.8 Å². The molecule has 0 unspecified atom stereocenters. The lowest BCUT2D eigenvalue weighted by Gasteiger charge is -2.24. The summed E-state index contributed by atoms with van der Waals surface area (Å²) in [6, 6.07) is 7.66. The Hall–Kier alpha value is -1.55. The second-order valence-electron chi connectivity index (χ2n) is 6.03. The largest absolute Gasteiger partial charge is 0.453 e. The fraction of sp³-hybridized carbons (Fsp3) is 0.526. The third-order valence-corrected chi connectivity index (χ3v) is 3.83. The van der Waals surface area contributed by atoms with Crippen molar-refractivity contribution in [1.29, 1.82) is 0 Å². The van der Waals surface area contributed by atoms with Crippen molar-refractivity contribution >= 4 is 29.6 Å². The summed E-state index contributed by atoms with van der Waals surface area (Å²) in [7, 11) is 0. The highest BCUT2D eigenvalue weighted by molar-refractivity contribution is 6.66. The number of hydrogen-bond acceptors (Lipinski definition) is 3. The van der Waals surface area contributed by atoms with Crippen molar-refractivity contribution in [1.82, 2.24) is 0 Å². The average molecular weight is 318 g/mol. The fourth-order valence-corrected chi connectivity index (χ4v) is 1.94. The summed E-state index contributed by atoms with van der Waals surface area (Å²) < 4.78 is 11.3. The smallest absolute Gasteiger partial charge is 0.323 e. The van der Waals surface area contributed by atoms with Crippen molar-refractivity contribution in [3.8, 4) is 0 Å². The van der Waals surface area contributed by atoms with Gasteiger partial charge in [0.25, 0.3) is 0 Å². The first kappa shape index (κ1) is 21.5. The Morgan fingerprint density at radius 1 is 1.26 bits per heavy atom. The van der Waals surface area contributed by atoms with E-state index in [-0.39, 0.29) is 19.8 Å². The molecule has 0 atom stereocenters. The van der Waals surface area contributed by atoms with Gasteiger partial charge in [-0.1, -0.05) is 61.0 Å². The van der Waals surface area contributed by atoms with Gasteiger partial charge in [-0.3, -0.25) is 4.79 Å². The molecule has 0 spiro atoms. The number of fused-ring (bicyclic) bond motifs is 1. The molecule has 0 amide bonds. The molecule has 1 heterocycles. The van der Waals surface area contributed by atoms with Crippen molar-refractivity contribution in [2.45, 2.75) is 55.3 Å². The number of hydrogen-bond donors (Lipinski definition) is 0. The molecule has 0 aliphatic carbocycles. The van der Waals surface area contributed by atoms with E-state index in [9.17, 15) is 4.79 Å².